The molecule has 2 aromatic carbocycles. The molecule has 0 bridgehead atoms. The number of carbonyl (C=O) groups excluding carboxylic acids is 1. The Bertz CT molecular complexity index is 911. The smallest absolute Gasteiger partial charge is 0.318 e. The Morgan fingerprint density at radius 2 is 1.96 bits per heavy atom. The van der Waals surface area contributed by atoms with Crippen molar-refractivity contribution in [3.63, 3.8) is 0 Å². The molecule has 2 N–H and O–H groups in total. The van der Waals surface area contributed by atoms with Gasteiger partial charge in [0.1, 0.15) is 5.75 Å². The van der Waals surface area contributed by atoms with Crippen molar-refractivity contribution in [3.8, 4) is 17.2 Å². The monoisotopic (exact) mass is 372 g/mol. The van der Waals surface area contributed by atoms with Gasteiger partial charge in [-0.1, -0.05) is 17.7 Å². The molecule has 3 aromatic rings. The molecule has 1 aromatic heterocycles. The number of benzene rings is 2. The van der Waals surface area contributed by atoms with Gasteiger partial charge in [-0.25, -0.2) is 4.79 Å². The van der Waals surface area contributed by atoms with Crippen LogP contribution in [0.5, 0.6) is 5.75 Å². The van der Waals surface area contributed by atoms with E-state index in [1.807, 2.05) is 12.1 Å². The first-order valence-electron chi connectivity index (χ1n) is 7.83. The van der Waals surface area contributed by atoms with Crippen molar-refractivity contribution in [1.29, 1.82) is 0 Å². The maximum atomic E-state index is 11.2. The van der Waals surface area contributed by atoms with Gasteiger partial charge in [-0.15, -0.1) is 10.2 Å². The number of nitrogens with two attached hydrogens (primary N) is 1. The third-order valence-electron chi connectivity index (χ3n) is 3.73. The Morgan fingerprint density at radius 1 is 1.23 bits per heavy atom. The van der Waals surface area contributed by atoms with E-state index < -0.39 is 12.1 Å². The van der Waals surface area contributed by atoms with Crippen molar-refractivity contribution in [1.82, 2.24) is 10.2 Å². The summed E-state index contributed by atoms with van der Waals surface area (Å²) < 4.78 is 11.5. The minimum absolute atomic E-state index is 0.346. The van der Waals surface area contributed by atoms with Crippen LogP contribution in [0, 0.1) is 0 Å². The van der Waals surface area contributed by atoms with E-state index in [9.17, 15) is 4.79 Å². The molecular weight excluding hydrogens is 356 g/mol. The number of amides is 2. The summed E-state index contributed by atoms with van der Waals surface area (Å²) in [6.45, 7) is 1.80. The summed E-state index contributed by atoms with van der Waals surface area (Å²) in [6, 6.07) is 13.6. The molecule has 3 rings (SSSR count). The lowest BCUT2D eigenvalue weighted by molar-refractivity contribution is 0.189. The number of hydrogen-bond donors (Lipinski definition) is 1. The molecule has 0 aliphatic heterocycles. The molecule has 0 spiro atoms. The van der Waals surface area contributed by atoms with Crippen molar-refractivity contribution in [2.45, 2.75) is 13.0 Å². The Kier molecular flexibility index (Phi) is 5.09. The zero-order chi connectivity index (χ0) is 18.7. The largest absolute Gasteiger partial charge is 0.481 e. The lowest BCUT2D eigenvalue weighted by atomic mass is 10.2. The quantitative estimate of drug-likeness (QED) is 0.729. The maximum Gasteiger partial charge on any atom is 0.318 e. The highest BCUT2D eigenvalue weighted by atomic mass is 35.5. The fourth-order valence-corrected chi connectivity index (χ4v) is 2.46. The molecule has 1 heterocycles. The third kappa shape index (κ3) is 3.94. The molecule has 2 amide bonds. The SMILES string of the molecule is C[C@@H](Oc1ccc(N(C)C(N)=O)cc1)c1nnc(-c2cccc(Cl)c2)o1. The van der Waals surface area contributed by atoms with E-state index in [1.54, 1.807) is 50.4 Å². The second-order valence-electron chi connectivity index (χ2n) is 5.61. The van der Waals surface area contributed by atoms with E-state index in [2.05, 4.69) is 10.2 Å². The lowest BCUT2D eigenvalue weighted by Gasteiger charge is -2.15. The highest BCUT2D eigenvalue weighted by molar-refractivity contribution is 6.30. The van der Waals surface area contributed by atoms with Gasteiger partial charge in [0.25, 0.3) is 5.89 Å². The standard InChI is InChI=1S/C18H17ClN4O3/c1-11(25-15-8-6-14(7-9-15)23(2)18(20)24)16-21-22-17(26-16)12-4-3-5-13(19)10-12/h3-11H,1-2H3,(H2,20,24)/t11-/m1/s1. The van der Waals surface area contributed by atoms with E-state index in [0.717, 1.165) is 5.56 Å². The van der Waals surface area contributed by atoms with Crippen molar-refractivity contribution in [2.24, 2.45) is 5.73 Å². The molecule has 0 saturated heterocycles. The van der Waals surface area contributed by atoms with Crippen LogP contribution in [-0.2, 0) is 0 Å². The maximum absolute atomic E-state index is 11.2. The van der Waals surface area contributed by atoms with Gasteiger partial charge in [-0.05, 0) is 49.4 Å². The van der Waals surface area contributed by atoms with Gasteiger partial charge in [0.05, 0.1) is 0 Å². The number of nitrogens with zero attached hydrogens (tertiary/aromatic N) is 3. The molecule has 0 aliphatic carbocycles. The topological polar surface area (TPSA) is 94.5 Å². The van der Waals surface area contributed by atoms with Crippen LogP contribution >= 0.6 is 11.6 Å². The molecule has 0 radical (unpaired) electrons. The molecule has 0 aliphatic rings. The van der Waals surface area contributed by atoms with Gasteiger partial charge < -0.3 is 14.9 Å². The number of rotatable bonds is 5. The van der Waals surface area contributed by atoms with Gasteiger partial charge in [0, 0.05) is 23.3 Å². The van der Waals surface area contributed by atoms with Gasteiger partial charge in [0.2, 0.25) is 5.89 Å². The summed E-state index contributed by atoms with van der Waals surface area (Å²) in [5.41, 5.74) is 6.65. The molecule has 0 fully saturated rings. The van der Waals surface area contributed by atoms with E-state index in [-0.39, 0.29) is 0 Å². The van der Waals surface area contributed by atoms with Crippen molar-refractivity contribution >= 4 is 23.3 Å². The Labute approximate surface area is 155 Å². The van der Waals surface area contributed by atoms with E-state index in [0.29, 0.717) is 28.2 Å². The average molecular weight is 373 g/mol. The Balaban J connectivity index is 1.70. The number of hydrogen-bond acceptors (Lipinski definition) is 5. The summed E-state index contributed by atoms with van der Waals surface area (Å²) in [6.07, 6.45) is -0.449. The number of aromatic nitrogens is 2. The Morgan fingerprint density at radius 3 is 2.62 bits per heavy atom. The first-order chi connectivity index (χ1) is 12.4. The van der Waals surface area contributed by atoms with Crippen LogP contribution < -0.4 is 15.4 Å². The third-order valence-corrected chi connectivity index (χ3v) is 3.96. The zero-order valence-corrected chi connectivity index (χ0v) is 15.0. The fraction of sp³-hybridized carbons (Fsp3) is 0.167. The molecule has 8 heteroatoms. The van der Waals surface area contributed by atoms with Crippen LogP contribution in [0.1, 0.15) is 18.9 Å². The normalized spacial score (nSPS) is 11.8. The van der Waals surface area contributed by atoms with E-state index >= 15 is 0 Å². The predicted molar refractivity (Wildman–Crippen MR) is 98.2 cm³/mol. The number of urea groups is 1. The molecule has 7 nitrogen and oxygen atoms in total. The summed E-state index contributed by atoms with van der Waals surface area (Å²) in [5, 5.41) is 8.66. The molecule has 26 heavy (non-hydrogen) atoms. The number of primary amides is 1. The second kappa shape index (κ2) is 7.45. The number of halogens is 1. The summed E-state index contributed by atoms with van der Waals surface area (Å²) in [5.74, 6) is 1.32. The zero-order valence-electron chi connectivity index (χ0n) is 14.2. The van der Waals surface area contributed by atoms with Crippen molar-refractivity contribution in [2.75, 3.05) is 11.9 Å². The summed E-state index contributed by atoms with van der Waals surface area (Å²) in [4.78, 5) is 12.5. The van der Waals surface area contributed by atoms with Gasteiger partial charge >= 0.3 is 6.03 Å². The first kappa shape index (κ1) is 17.8. The van der Waals surface area contributed by atoms with Crippen LogP contribution in [-0.4, -0.2) is 23.3 Å². The fourth-order valence-electron chi connectivity index (χ4n) is 2.27. The minimum Gasteiger partial charge on any atom is -0.481 e. The lowest BCUT2D eigenvalue weighted by Crippen LogP contribution is -2.31. The minimum atomic E-state index is -0.536. The predicted octanol–water partition coefficient (Wildman–Crippen LogP) is 4.04. The van der Waals surface area contributed by atoms with Crippen LogP contribution in [0.25, 0.3) is 11.5 Å². The second-order valence-corrected chi connectivity index (χ2v) is 6.04. The molecular formula is C18H17ClN4O3. The molecule has 134 valence electrons. The summed E-state index contributed by atoms with van der Waals surface area (Å²) in [7, 11) is 1.59. The van der Waals surface area contributed by atoms with Crippen molar-refractivity contribution in [3.05, 3.63) is 59.4 Å². The van der Waals surface area contributed by atoms with Crippen LogP contribution in [0.2, 0.25) is 5.02 Å². The van der Waals surface area contributed by atoms with Gasteiger partial charge in [-0.3, -0.25) is 4.90 Å². The Hall–Kier alpha value is -3.06. The van der Waals surface area contributed by atoms with E-state index in [1.165, 1.54) is 4.90 Å². The summed E-state index contributed by atoms with van der Waals surface area (Å²) >= 11 is 5.98. The number of carbonyl (C=O) groups is 1. The van der Waals surface area contributed by atoms with E-state index in [4.69, 9.17) is 26.5 Å². The highest BCUT2D eigenvalue weighted by Gasteiger charge is 2.17. The van der Waals surface area contributed by atoms with Crippen LogP contribution in [0.3, 0.4) is 0 Å². The number of anilines is 1. The highest BCUT2D eigenvalue weighted by Crippen LogP contribution is 2.27. The first-order valence-corrected chi connectivity index (χ1v) is 8.21. The molecule has 0 unspecified atom stereocenters. The van der Waals surface area contributed by atoms with Gasteiger partial charge in [-0.2, -0.15) is 0 Å². The van der Waals surface area contributed by atoms with Crippen LogP contribution in [0.15, 0.2) is 52.9 Å². The van der Waals surface area contributed by atoms with Gasteiger partial charge in [0.15, 0.2) is 6.10 Å². The molecule has 0 saturated carbocycles. The number of ether oxygens (including phenoxy) is 1. The molecule has 1 atom stereocenters. The van der Waals surface area contributed by atoms with Crippen LogP contribution in [0.4, 0.5) is 10.5 Å². The van der Waals surface area contributed by atoms with Crippen molar-refractivity contribution < 1.29 is 13.9 Å². The average Bonchev–Trinajstić information content (AvgIpc) is 3.12.